The molecule has 1 fully saturated rings. The molecule has 0 radical (unpaired) electrons. The van der Waals surface area contributed by atoms with Crippen molar-refractivity contribution in [3.8, 4) is 28.8 Å². The molecule has 0 aliphatic heterocycles. The zero-order chi connectivity index (χ0) is 30.2. The summed E-state index contributed by atoms with van der Waals surface area (Å²) in [7, 11) is 1.25. The van der Waals surface area contributed by atoms with Crippen LogP contribution in [0.3, 0.4) is 0 Å². The maximum atomic E-state index is 12.1. The molecule has 0 unspecified atom stereocenters. The van der Waals surface area contributed by atoms with Crippen LogP contribution in [-0.2, 0) is 11.3 Å². The number of rotatable bonds is 6. The summed E-state index contributed by atoms with van der Waals surface area (Å²) in [5.74, 6) is 6.38. The number of methoxy groups -OCH3 is 1. The standard InChI is InChI=1S/C32H21Cl3N2O6/c1-41-32(40)37-12-11-22-19(13-20(31(38)39)14-27(22)37)8-5-17-9-10-21(15-26(17)35)42-16-23-29(36-43-30(23)18-6-7-18)28-24(33)3-2-4-25(28)34/h2-4,9-15,18H,6-7,16H2,1H3,(H,38,39). The lowest BCUT2D eigenvalue weighted by molar-refractivity contribution is 0.0697. The van der Waals surface area contributed by atoms with E-state index in [1.54, 1.807) is 42.5 Å². The van der Waals surface area contributed by atoms with Crippen molar-refractivity contribution in [3.63, 3.8) is 0 Å². The van der Waals surface area contributed by atoms with Crippen LogP contribution >= 0.6 is 34.8 Å². The minimum atomic E-state index is -1.15. The van der Waals surface area contributed by atoms with Crippen molar-refractivity contribution in [2.45, 2.75) is 25.4 Å². The second-order valence-electron chi connectivity index (χ2n) is 9.84. The van der Waals surface area contributed by atoms with Crippen LogP contribution in [-0.4, -0.2) is 34.0 Å². The molecular weight excluding hydrogens is 615 g/mol. The van der Waals surface area contributed by atoms with Crippen molar-refractivity contribution in [1.82, 2.24) is 9.72 Å². The van der Waals surface area contributed by atoms with Gasteiger partial charge in [0.05, 0.1) is 38.8 Å². The van der Waals surface area contributed by atoms with Crippen LogP contribution in [0.4, 0.5) is 4.79 Å². The SMILES string of the molecule is COC(=O)n1ccc2c(C#Cc3ccc(OCc4c(-c5c(Cl)cccc5Cl)noc4C4CC4)cc3Cl)cc(C(=O)O)cc21. The van der Waals surface area contributed by atoms with Gasteiger partial charge in [-0.25, -0.2) is 9.59 Å². The summed E-state index contributed by atoms with van der Waals surface area (Å²) < 4.78 is 17.8. The van der Waals surface area contributed by atoms with Gasteiger partial charge < -0.3 is 19.1 Å². The molecule has 0 atom stereocenters. The topological polar surface area (TPSA) is 104 Å². The molecule has 0 bridgehead atoms. The van der Waals surface area contributed by atoms with E-state index in [4.69, 9.17) is 48.8 Å². The van der Waals surface area contributed by atoms with E-state index in [1.165, 1.54) is 30.0 Å². The number of hydrogen-bond donors (Lipinski definition) is 1. The van der Waals surface area contributed by atoms with Crippen LogP contribution in [0.1, 0.15) is 51.6 Å². The molecule has 0 amide bonds. The monoisotopic (exact) mass is 634 g/mol. The Morgan fingerprint density at radius 1 is 1.02 bits per heavy atom. The highest BCUT2D eigenvalue weighted by Crippen LogP contribution is 2.46. The second kappa shape index (κ2) is 11.7. The second-order valence-corrected chi connectivity index (χ2v) is 11.1. The van der Waals surface area contributed by atoms with E-state index < -0.39 is 12.1 Å². The van der Waals surface area contributed by atoms with Crippen LogP contribution in [0.5, 0.6) is 5.75 Å². The van der Waals surface area contributed by atoms with Crippen molar-refractivity contribution in [3.05, 3.63) is 104 Å². The molecule has 43 heavy (non-hydrogen) atoms. The summed E-state index contributed by atoms with van der Waals surface area (Å²) in [6.07, 6.45) is 2.87. The summed E-state index contributed by atoms with van der Waals surface area (Å²) in [5, 5.41) is 15.7. The van der Waals surface area contributed by atoms with Crippen molar-refractivity contribution in [1.29, 1.82) is 0 Å². The van der Waals surface area contributed by atoms with E-state index in [9.17, 15) is 14.7 Å². The van der Waals surface area contributed by atoms with Gasteiger partial charge in [-0.05, 0) is 55.3 Å². The first-order valence-corrected chi connectivity index (χ1v) is 14.2. The fourth-order valence-electron chi connectivity index (χ4n) is 4.75. The Bertz CT molecular complexity index is 1960. The third kappa shape index (κ3) is 5.67. The molecule has 0 spiro atoms. The Labute approximate surface area is 260 Å². The maximum absolute atomic E-state index is 12.1. The van der Waals surface area contributed by atoms with E-state index in [0.717, 1.165) is 24.2 Å². The van der Waals surface area contributed by atoms with Gasteiger partial charge >= 0.3 is 12.1 Å². The van der Waals surface area contributed by atoms with Crippen LogP contribution < -0.4 is 4.74 Å². The van der Waals surface area contributed by atoms with E-state index in [-0.39, 0.29) is 18.1 Å². The van der Waals surface area contributed by atoms with Crippen LogP contribution in [0, 0.1) is 11.8 Å². The number of ether oxygens (including phenoxy) is 2. The Kier molecular flexibility index (Phi) is 7.80. The van der Waals surface area contributed by atoms with Crippen molar-refractivity contribution >= 4 is 57.8 Å². The highest BCUT2D eigenvalue weighted by atomic mass is 35.5. The average molecular weight is 636 g/mol. The quantitative estimate of drug-likeness (QED) is 0.187. The molecule has 1 saturated carbocycles. The summed E-state index contributed by atoms with van der Waals surface area (Å²) in [6, 6.07) is 14.9. The zero-order valence-electron chi connectivity index (χ0n) is 22.5. The number of carbonyl (C=O) groups excluding carboxylic acids is 1. The maximum Gasteiger partial charge on any atom is 0.418 e. The number of aromatic carboxylic acids is 1. The summed E-state index contributed by atoms with van der Waals surface area (Å²) in [4.78, 5) is 23.9. The normalized spacial score (nSPS) is 12.6. The predicted molar refractivity (Wildman–Crippen MR) is 162 cm³/mol. The highest BCUT2D eigenvalue weighted by Gasteiger charge is 2.33. The van der Waals surface area contributed by atoms with Crippen molar-refractivity contribution in [2.24, 2.45) is 0 Å². The third-order valence-electron chi connectivity index (χ3n) is 7.05. The van der Waals surface area contributed by atoms with Gasteiger partial charge in [-0.2, -0.15) is 0 Å². The molecule has 1 aliphatic carbocycles. The van der Waals surface area contributed by atoms with E-state index in [1.807, 2.05) is 0 Å². The predicted octanol–water partition coefficient (Wildman–Crippen LogP) is 8.43. The van der Waals surface area contributed by atoms with Gasteiger partial charge in [0.25, 0.3) is 0 Å². The number of halogens is 3. The summed E-state index contributed by atoms with van der Waals surface area (Å²) in [5.41, 5.74) is 3.17. The average Bonchev–Trinajstić information content (AvgIpc) is 3.61. The van der Waals surface area contributed by atoms with E-state index >= 15 is 0 Å². The van der Waals surface area contributed by atoms with Gasteiger partial charge in [0.15, 0.2) is 0 Å². The first-order chi connectivity index (χ1) is 20.7. The van der Waals surface area contributed by atoms with E-state index in [2.05, 4.69) is 17.0 Å². The minimum absolute atomic E-state index is 0.0211. The first kappa shape index (κ1) is 28.7. The van der Waals surface area contributed by atoms with Crippen LogP contribution in [0.2, 0.25) is 15.1 Å². The highest BCUT2D eigenvalue weighted by molar-refractivity contribution is 6.39. The lowest BCUT2D eigenvalue weighted by atomic mass is 10.0. The Morgan fingerprint density at radius 3 is 2.44 bits per heavy atom. The fourth-order valence-corrected chi connectivity index (χ4v) is 5.55. The first-order valence-electron chi connectivity index (χ1n) is 13.1. The fraction of sp³-hybridized carbons (Fsp3) is 0.156. The largest absolute Gasteiger partial charge is 0.489 e. The Hall–Kier alpha value is -4.42. The number of nitrogens with zero attached hydrogens (tertiary/aromatic N) is 2. The molecule has 1 aliphatic rings. The third-order valence-corrected chi connectivity index (χ3v) is 7.99. The number of carbonyl (C=O) groups is 2. The lowest BCUT2D eigenvalue weighted by Gasteiger charge is -2.10. The molecule has 8 nitrogen and oxygen atoms in total. The smallest absolute Gasteiger partial charge is 0.418 e. The van der Waals surface area contributed by atoms with Gasteiger partial charge in [0.2, 0.25) is 0 Å². The van der Waals surface area contributed by atoms with Gasteiger partial charge in [0.1, 0.15) is 23.8 Å². The number of aromatic nitrogens is 2. The molecule has 6 rings (SSSR count). The number of fused-ring (bicyclic) bond motifs is 1. The number of hydrogen-bond acceptors (Lipinski definition) is 6. The lowest BCUT2D eigenvalue weighted by Crippen LogP contribution is -2.10. The number of carboxylic acids is 1. The van der Waals surface area contributed by atoms with Gasteiger partial charge in [0, 0.05) is 40.3 Å². The van der Waals surface area contributed by atoms with Gasteiger partial charge in [-0.3, -0.25) is 4.57 Å². The van der Waals surface area contributed by atoms with Gasteiger partial charge in [-0.1, -0.05) is 57.9 Å². The molecule has 2 heterocycles. The molecular formula is C32H21Cl3N2O6. The van der Waals surface area contributed by atoms with Crippen LogP contribution in [0.15, 0.2) is 65.3 Å². The van der Waals surface area contributed by atoms with Crippen molar-refractivity contribution in [2.75, 3.05) is 7.11 Å². The molecule has 1 N–H and O–H groups in total. The molecule has 2 aromatic heterocycles. The molecule has 216 valence electrons. The minimum Gasteiger partial charge on any atom is -0.489 e. The Balaban J connectivity index is 1.28. The summed E-state index contributed by atoms with van der Waals surface area (Å²) >= 11 is 19.5. The van der Waals surface area contributed by atoms with Crippen LogP contribution in [0.25, 0.3) is 22.2 Å². The molecule has 5 aromatic rings. The number of carboxylic acid groups (broad SMARTS) is 1. The summed E-state index contributed by atoms with van der Waals surface area (Å²) in [6.45, 7) is 0.157. The molecule has 0 saturated heterocycles. The molecule has 11 heteroatoms. The van der Waals surface area contributed by atoms with E-state index in [0.29, 0.717) is 54.1 Å². The molecule has 3 aromatic carbocycles. The zero-order valence-corrected chi connectivity index (χ0v) is 24.8. The Morgan fingerprint density at radius 2 is 1.77 bits per heavy atom. The van der Waals surface area contributed by atoms with Gasteiger partial charge in [-0.15, -0.1) is 0 Å². The van der Waals surface area contributed by atoms with Crippen molar-refractivity contribution < 1.29 is 28.7 Å². The number of benzene rings is 3.